The summed E-state index contributed by atoms with van der Waals surface area (Å²) in [4.78, 5) is 22.5. The molecule has 3 aromatic rings. The summed E-state index contributed by atoms with van der Waals surface area (Å²) < 4.78 is 1.69. The Kier molecular flexibility index (Phi) is 2.34. The number of rotatable bonds is 2. The summed E-state index contributed by atoms with van der Waals surface area (Å²) in [7, 11) is 1.81. The van der Waals surface area contributed by atoms with E-state index in [9.17, 15) is 4.79 Å². The zero-order valence-corrected chi connectivity index (χ0v) is 10.4. The Hall–Kier alpha value is -2.70. The molecule has 0 aliphatic rings. The molecular formula is C12H11N5O2. The Labute approximate surface area is 107 Å². The lowest BCUT2D eigenvalue weighted by molar-refractivity contribution is 0.0699. The van der Waals surface area contributed by atoms with Gasteiger partial charge >= 0.3 is 5.97 Å². The minimum absolute atomic E-state index is 0.155. The van der Waals surface area contributed by atoms with E-state index in [0.29, 0.717) is 17.0 Å². The second kappa shape index (κ2) is 3.91. The third kappa shape index (κ3) is 1.75. The number of carbonyl (C=O) groups is 1. The molecule has 19 heavy (non-hydrogen) atoms. The molecule has 7 heteroatoms. The number of carboxylic acid groups (broad SMARTS) is 1. The molecule has 0 radical (unpaired) electrons. The summed E-state index contributed by atoms with van der Waals surface area (Å²) in [6.45, 7) is 1.88. The number of hydrogen-bond donors (Lipinski definition) is 2. The van der Waals surface area contributed by atoms with Crippen molar-refractivity contribution >= 4 is 17.1 Å². The lowest BCUT2D eigenvalue weighted by Crippen LogP contribution is -1.98. The minimum Gasteiger partial charge on any atom is -0.478 e. The molecular weight excluding hydrogens is 246 g/mol. The average molecular weight is 257 g/mol. The van der Waals surface area contributed by atoms with Crippen LogP contribution in [-0.4, -0.2) is 35.8 Å². The first-order chi connectivity index (χ1) is 9.06. The third-order valence-corrected chi connectivity index (χ3v) is 2.87. The number of hydrogen-bond acceptors (Lipinski definition) is 4. The molecule has 0 saturated carbocycles. The van der Waals surface area contributed by atoms with Gasteiger partial charge < -0.3 is 10.1 Å². The highest BCUT2D eigenvalue weighted by Gasteiger charge is 2.15. The van der Waals surface area contributed by atoms with Gasteiger partial charge in [-0.05, 0) is 19.1 Å². The van der Waals surface area contributed by atoms with Crippen molar-refractivity contribution in [1.29, 1.82) is 0 Å². The summed E-state index contributed by atoms with van der Waals surface area (Å²) in [5.74, 6) is -0.455. The van der Waals surface area contributed by atoms with Gasteiger partial charge in [0.25, 0.3) is 0 Å². The molecule has 0 amide bonds. The number of aromatic nitrogens is 5. The van der Waals surface area contributed by atoms with E-state index in [1.165, 1.54) is 12.3 Å². The van der Waals surface area contributed by atoms with E-state index in [-0.39, 0.29) is 5.56 Å². The maximum Gasteiger partial charge on any atom is 0.338 e. The lowest BCUT2D eigenvalue weighted by Gasteiger charge is -1.96. The Bertz CT molecular complexity index is 787. The molecule has 0 fully saturated rings. The van der Waals surface area contributed by atoms with Crippen molar-refractivity contribution < 1.29 is 9.90 Å². The predicted molar refractivity (Wildman–Crippen MR) is 67.8 cm³/mol. The van der Waals surface area contributed by atoms with Crippen LogP contribution in [0.2, 0.25) is 0 Å². The molecule has 0 aliphatic carbocycles. The molecule has 3 heterocycles. The zero-order valence-electron chi connectivity index (χ0n) is 10.4. The fourth-order valence-electron chi connectivity index (χ4n) is 2.04. The number of fused-ring (bicyclic) bond motifs is 1. The number of nitrogens with one attached hydrogen (secondary N) is 1. The highest BCUT2D eigenvalue weighted by atomic mass is 16.4. The van der Waals surface area contributed by atoms with E-state index in [0.717, 1.165) is 11.4 Å². The Morgan fingerprint density at radius 1 is 1.47 bits per heavy atom. The Morgan fingerprint density at radius 2 is 2.26 bits per heavy atom. The third-order valence-electron chi connectivity index (χ3n) is 2.87. The summed E-state index contributed by atoms with van der Waals surface area (Å²) >= 11 is 0. The monoisotopic (exact) mass is 257 g/mol. The summed E-state index contributed by atoms with van der Waals surface area (Å²) in [6.07, 6.45) is 1.44. The average Bonchev–Trinajstić information content (AvgIpc) is 2.91. The van der Waals surface area contributed by atoms with Crippen molar-refractivity contribution in [3.63, 3.8) is 0 Å². The largest absolute Gasteiger partial charge is 0.478 e. The Balaban J connectivity index is 2.25. The van der Waals surface area contributed by atoms with Gasteiger partial charge in [0.1, 0.15) is 5.69 Å². The first kappa shape index (κ1) is 11.4. The number of nitrogens with zero attached hydrogens (tertiary/aromatic N) is 4. The molecule has 0 saturated heterocycles. The van der Waals surface area contributed by atoms with Crippen LogP contribution in [0.3, 0.4) is 0 Å². The normalized spacial score (nSPS) is 11.1. The van der Waals surface area contributed by atoms with Crippen molar-refractivity contribution in [3.8, 4) is 11.5 Å². The van der Waals surface area contributed by atoms with Gasteiger partial charge in [0.05, 0.1) is 16.8 Å². The number of imidazole rings is 1. The van der Waals surface area contributed by atoms with E-state index in [1.54, 1.807) is 11.7 Å². The van der Waals surface area contributed by atoms with Gasteiger partial charge in [-0.3, -0.25) is 4.68 Å². The van der Waals surface area contributed by atoms with Gasteiger partial charge in [0.2, 0.25) is 0 Å². The predicted octanol–water partition coefficient (Wildman–Crippen LogP) is 1.37. The minimum atomic E-state index is -1.01. The molecule has 3 rings (SSSR count). The van der Waals surface area contributed by atoms with E-state index in [1.807, 2.05) is 13.0 Å². The highest BCUT2D eigenvalue weighted by Crippen LogP contribution is 2.21. The lowest BCUT2D eigenvalue weighted by atomic mass is 10.2. The first-order valence-electron chi connectivity index (χ1n) is 5.65. The van der Waals surface area contributed by atoms with Gasteiger partial charge in [0, 0.05) is 13.2 Å². The molecule has 96 valence electrons. The number of aryl methyl sites for hydroxylation is 2. The van der Waals surface area contributed by atoms with Gasteiger partial charge in [-0.2, -0.15) is 5.10 Å². The van der Waals surface area contributed by atoms with Crippen molar-refractivity contribution in [2.75, 3.05) is 0 Å². The molecule has 0 atom stereocenters. The van der Waals surface area contributed by atoms with Gasteiger partial charge in [0.15, 0.2) is 11.5 Å². The van der Waals surface area contributed by atoms with Gasteiger partial charge in [-0.25, -0.2) is 14.8 Å². The van der Waals surface area contributed by atoms with E-state index in [4.69, 9.17) is 5.11 Å². The van der Waals surface area contributed by atoms with Crippen molar-refractivity contribution in [2.45, 2.75) is 6.92 Å². The second-order valence-electron chi connectivity index (χ2n) is 4.24. The second-order valence-corrected chi connectivity index (χ2v) is 4.24. The first-order valence-corrected chi connectivity index (χ1v) is 5.65. The van der Waals surface area contributed by atoms with E-state index in [2.05, 4.69) is 20.1 Å². The van der Waals surface area contributed by atoms with Crippen LogP contribution >= 0.6 is 0 Å². The van der Waals surface area contributed by atoms with E-state index < -0.39 is 5.97 Å². The number of carboxylic acids is 1. The van der Waals surface area contributed by atoms with Crippen LogP contribution in [0, 0.1) is 6.92 Å². The number of H-pyrrole nitrogens is 1. The van der Waals surface area contributed by atoms with Crippen LogP contribution in [0.4, 0.5) is 0 Å². The summed E-state index contributed by atoms with van der Waals surface area (Å²) in [5.41, 5.74) is 2.61. The Morgan fingerprint density at radius 3 is 2.89 bits per heavy atom. The van der Waals surface area contributed by atoms with Gasteiger partial charge in [-0.1, -0.05) is 0 Å². The van der Waals surface area contributed by atoms with Crippen molar-refractivity contribution in [1.82, 2.24) is 24.7 Å². The molecule has 7 nitrogen and oxygen atoms in total. The summed E-state index contributed by atoms with van der Waals surface area (Å²) in [5, 5.41) is 13.4. The zero-order chi connectivity index (χ0) is 13.6. The topological polar surface area (TPSA) is 96.7 Å². The molecule has 0 bridgehead atoms. The fraction of sp³-hybridized carbons (Fsp3) is 0.167. The molecule has 2 N–H and O–H groups in total. The SMILES string of the molecule is Cc1cc(-c2nc3nccc(C(=O)O)c3[nH]2)n(C)n1. The quantitative estimate of drug-likeness (QED) is 0.722. The summed E-state index contributed by atoms with van der Waals surface area (Å²) in [6, 6.07) is 3.32. The van der Waals surface area contributed by atoms with Crippen LogP contribution in [0.15, 0.2) is 18.3 Å². The number of aromatic carboxylic acids is 1. The standard InChI is InChI=1S/C12H11N5O2/c1-6-5-8(17(2)16-6)10-14-9-7(12(18)19)3-4-13-11(9)15-10/h3-5H,1-2H3,(H,18,19)(H,13,14,15). The van der Waals surface area contributed by atoms with Crippen LogP contribution in [-0.2, 0) is 7.05 Å². The maximum absolute atomic E-state index is 11.1. The number of aromatic amines is 1. The molecule has 0 spiro atoms. The molecule has 0 unspecified atom stereocenters. The molecule has 0 aromatic carbocycles. The maximum atomic E-state index is 11.1. The van der Waals surface area contributed by atoms with Crippen molar-refractivity contribution in [2.24, 2.45) is 7.05 Å². The smallest absolute Gasteiger partial charge is 0.338 e. The van der Waals surface area contributed by atoms with E-state index >= 15 is 0 Å². The van der Waals surface area contributed by atoms with Crippen LogP contribution < -0.4 is 0 Å². The number of pyridine rings is 1. The van der Waals surface area contributed by atoms with Crippen molar-refractivity contribution in [3.05, 3.63) is 29.6 Å². The van der Waals surface area contributed by atoms with Crippen LogP contribution in [0.25, 0.3) is 22.7 Å². The van der Waals surface area contributed by atoms with Crippen LogP contribution in [0.5, 0.6) is 0 Å². The molecule has 0 aliphatic heterocycles. The fourth-order valence-corrected chi connectivity index (χ4v) is 2.04. The van der Waals surface area contributed by atoms with Crippen LogP contribution in [0.1, 0.15) is 16.1 Å². The molecule has 3 aromatic heterocycles. The highest BCUT2D eigenvalue weighted by molar-refractivity contribution is 6.00. The van der Waals surface area contributed by atoms with Gasteiger partial charge in [-0.15, -0.1) is 0 Å².